The lowest BCUT2D eigenvalue weighted by Gasteiger charge is -2.36. The molecule has 13 heteroatoms. The van der Waals surface area contributed by atoms with Crippen LogP contribution in [0, 0.1) is 11.3 Å². The minimum atomic E-state index is -4.72. The summed E-state index contributed by atoms with van der Waals surface area (Å²) in [5.74, 6) is 1.52. The maximum atomic E-state index is 13.6. The Balaban J connectivity index is 1.31. The van der Waals surface area contributed by atoms with Gasteiger partial charge in [0.15, 0.2) is 0 Å². The number of ether oxygens (including phenoxy) is 2. The van der Waals surface area contributed by atoms with Crippen molar-refractivity contribution in [2.45, 2.75) is 6.18 Å². The molecule has 0 aliphatic carbocycles. The minimum Gasteiger partial charge on any atom is -0.497 e. The van der Waals surface area contributed by atoms with Gasteiger partial charge >= 0.3 is 12.2 Å². The topological polar surface area (TPSA) is 112 Å². The van der Waals surface area contributed by atoms with E-state index in [-0.39, 0.29) is 17.6 Å². The van der Waals surface area contributed by atoms with Crippen molar-refractivity contribution in [1.29, 1.82) is 5.26 Å². The van der Waals surface area contributed by atoms with Gasteiger partial charge in [0.25, 0.3) is 0 Å². The number of halogens is 3. The van der Waals surface area contributed by atoms with Crippen molar-refractivity contribution in [2.24, 2.45) is 0 Å². The Morgan fingerprint density at radius 2 is 1.64 bits per heavy atom. The molecule has 3 heterocycles. The number of piperazine rings is 1. The lowest BCUT2D eigenvalue weighted by molar-refractivity contribution is -0.137. The molecule has 222 valence electrons. The molecule has 1 N–H and O–H groups in total. The van der Waals surface area contributed by atoms with Crippen LogP contribution in [0.4, 0.5) is 36.4 Å². The van der Waals surface area contributed by atoms with E-state index >= 15 is 0 Å². The summed E-state index contributed by atoms with van der Waals surface area (Å²) in [4.78, 5) is 22.0. The van der Waals surface area contributed by atoms with Crippen LogP contribution in [0.3, 0.4) is 0 Å². The van der Waals surface area contributed by atoms with Crippen LogP contribution in [0.5, 0.6) is 17.5 Å². The van der Waals surface area contributed by atoms with Crippen LogP contribution in [-0.2, 0) is 6.18 Å². The van der Waals surface area contributed by atoms with Gasteiger partial charge in [-0.1, -0.05) is 12.1 Å². The number of nitrogens with one attached hydrogen (secondary N) is 1. The van der Waals surface area contributed by atoms with Gasteiger partial charge in [0.05, 0.1) is 29.8 Å². The summed E-state index contributed by atoms with van der Waals surface area (Å²) in [6, 6.07) is 21.8. The number of aromatic nitrogens is 4. The van der Waals surface area contributed by atoms with Gasteiger partial charge in [-0.15, -0.1) is 0 Å². The van der Waals surface area contributed by atoms with E-state index in [2.05, 4.69) is 30.2 Å². The lowest BCUT2D eigenvalue weighted by Crippen LogP contribution is -2.47. The molecular weight excluding hydrogens is 573 g/mol. The third kappa shape index (κ3) is 6.10. The molecule has 2 aromatic heterocycles. The number of benzene rings is 3. The van der Waals surface area contributed by atoms with Crippen LogP contribution in [-0.4, -0.2) is 53.2 Å². The van der Waals surface area contributed by atoms with E-state index in [1.54, 1.807) is 25.4 Å². The number of nitrogens with zero attached hydrogens (tertiary/aromatic N) is 7. The number of para-hydroxylation sites is 1. The number of hydrogen-bond donors (Lipinski definition) is 1. The maximum absolute atomic E-state index is 13.6. The Morgan fingerprint density at radius 3 is 2.36 bits per heavy atom. The van der Waals surface area contributed by atoms with Crippen LogP contribution in [0.25, 0.3) is 10.9 Å². The molecular formula is C31H25F3N8O2. The number of rotatable bonds is 7. The van der Waals surface area contributed by atoms with Gasteiger partial charge in [-0.25, -0.2) is 0 Å². The van der Waals surface area contributed by atoms with Gasteiger partial charge in [0.2, 0.25) is 11.9 Å². The molecule has 0 spiro atoms. The molecule has 0 radical (unpaired) electrons. The first-order valence-corrected chi connectivity index (χ1v) is 13.6. The SMILES string of the molecule is COc1ccc(N2CCN(c3nc(Nc4ccc(C#N)c(C(F)(F)F)c4)nc(Oc4ccnc5ccccc45)n3)CC2)cc1. The fourth-order valence-corrected chi connectivity index (χ4v) is 4.89. The predicted molar refractivity (Wildman–Crippen MR) is 159 cm³/mol. The molecule has 1 aliphatic rings. The Bertz CT molecular complexity index is 1830. The van der Waals surface area contributed by atoms with Crippen molar-refractivity contribution in [1.82, 2.24) is 19.9 Å². The number of anilines is 4. The molecule has 0 atom stereocenters. The number of alkyl halides is 3. The normalized spacial score (nSPS) is 13.4. The average Bonchev–Trinajstić information content (AvgIpc) is 3.04. The molecule has 3 aromatic carbocycles. The number of fused-ring (bicyclic) bond motifs is 1. The van der Waals surface area contributed by atoms with Gasteiger partial charge in [-0.3, -0.25) is 4.98 Å². The maximum Gasteiger partial charge on any atom is 0.417 e. The lowest BCUT2D eigenvalue weighted by atomic mass is 10.1. The van der Waals surface area contributed by atoms with Crippen LogP contribution in [0.1, 0.15) is 11.1 Å². The van der Waals surface area contributed by atoms with E-state index in [4.69, 9.17) is 9.47 Å². The van der Waals surface area contributed by atoms with Gasteiger partial charge in [0.1, 0.15) is 11.5 Å². The number of methoxy groups -OCH3 is 1. The number of nitriles is 1. The van der Waals surface area contributed by atoms with Crippen LogP contribution < -0.4 is 24.6 Å². The van der Waals surface area contributed by atoms with Crippen molar-refractivity contribution in [2.75, 3.05) is 48.4 Å². The zero-order chi connectivity index (χ0) is 30.7. The summed E-state index contributed by atoms with van der Waals surface area (Å²) in [5, 5.41) is 12.8. The Hall–Kier alpha value is -5.64. The zero-order valence-electron chi connectivity index (χ0n) is 23.4. The van der Waals surface area contributed by atoms with E-state index < -0.39 is 17.3 Å². The van der Waals surface area contributed by atoms with Crippen molar-refractivity contribution < 1.29 is 22.6 Å². The first-order chi connectivity index (χ1) is 21.3. The first-order valence-electron chi connectivity index (χ1n) is 13.6. The molecule has 1 aliphatic heterocycles. The second-order valence-corrected chi connectivity index (χ2v) is 9.84. The van der Waals surface area contributed by atoms with Gasteiger partial charge < -0.3 is 24.6 Å². The number of pyridine rings is 1. The molecule has 10 nitrogen and oxygen atoms in total. The highest BCUT2D eigenvalue weighted by atomic mass is 19.4. The van der Waals surface area contributed by atoms with Gasteiger partial charge in [-0.2, -0.15) is 33.4 Å². The van der Waals surface area contributed by atoms with Gasteiger partial charge in [0, 0.05) is 49.1 Å². The molecule has 5 aromatic rings. The van der Waals surface area contributed by atoms with Crippen molar-refractivity contribution >= 4 is 34.2 Å². The standard InChI is InChI=1S/C31H25F3N8O2/c1-43-23-10-8-22(9-11-23)41-14-16-42(17-15-41)29-38-28(37-21-7-6-20(19-35)25(18-21)31(32,33)34)39-30(40-29)44-27-12-13-36-26-5-3-2-4-24(26)27/h2-13,18H,14-17H2,1H3,(H,37,38,39,40). The highest BCUT2D eigenvalue weighted by molar-refractivity contribution is 5.84. The summed E-state index contributed by atoms with van der Waals surface area (Å²) in [5.41, 5.74) is 0.275. The largest absolute Gasteiger partial charge is 0.497 e. The average molecular weight is 599 g/mol. The highest BCUT2D eigenvalue weighted by Crippen LogP contribution is 2.35. The summed E-state index contributed by atoms with van der Waals surface area (Å²) in [7, 11) is 1.62. The second kappa shape index (κ2) is 11.9. The Kier molecular flexibility index (Phi) is 7.72. The van der Waals surface area contributed by atoms with Crippen molar-refractivity contribution in [3.05, 3.63) is 90.1 Å². The minimum absolute atomic E-state index is 0.0150. The number of hydrogen-bond acceptors (Lipinski definition) is 10. The van der Waals surface area contributed by atoms with E-state index in [1.165, 1.54) is 6.07 Å². The Labute approximate surface area is 250 Å². The molecule has 1 fully saturated rings. The molecule has 6 rings (SSSR count). The molecule has 0 amide bonds. The summed E-state index contributed by atoms with van der Waals surface area (Å²) in [6.07, 6.45) is -3.11. The fraction of sp³-hybridized carbons (Fsp3) is 0.194. The van der Waals surface area contributed by atoms with E-state index in [0.29, 0.717) is 43.4 Å². The van der Waals surface area contributed by atoms with Crippen molar-refractivity contribution in [3.63, 3.8) is 0 Å². The van der Waals surface area contributed by atoms with Crippen LogP contribution in [0.2, 0.25) is 0 Å². The summed E-state index contributed by atoms with van der Waals surface area (Å²) in [6.45, 7) is 2.50. The quantitative estimate of drug-likeness (QED) is 0.233. The molecule has 0 saturated carbocycles. The van der Waals surface area contributed by atoms with Crippen molar-refractivity contribution in [3.8, 4) is 23.6 Å². The highest BCUT2D eigenvalue weighted by Gasteiger charge is 2.34. The summed E-state index contributed by atoms with van der Waals surface area (Å²) < 4.78 is 52.2. The van der Waals surface area contributed by atoms with Gasteiger partial charge in [-0.05, 0) is 60.7 Å². The fourth-order valence-electron chi connectivity index (χ4n) is 4.89. The smallest absolute Gasteiger partial charge is 0.417 e. The predicted octanol–water partition coefficient (Wildman–Crippen LogP) is 6.18. The van der Waals surface area contributed by atoms with Crippen LogP contribution in [0.15, 0.2) is 79.0 Å². The van der Waals surface area contributed by atoms with Crippen LogP contribution >= 0.6 is 0 Å². The molecule has 44 heavy (non-hydrogen) atoms. The molecule has 0 bridgehead atoms. The summed E-state index contributed by atoms with van der Waals surface area (Å²) >= 11 is 0. The molecule has 0 unspecified atom stereocenters. The second-order valence-electron chi connectivity index (χ2n) is 9.84. The monoisotopic (exact) mass is 598 g/mol. The van der Waals surface area contributed by atoms with E-state index in [0.717, 1.165) is 29.0 Å². The first kappa shape index (κ1) is 28.5. The van der Waals surface area contributed by atoms with E-state index in [1.807, 2.05) is 53.4 Å². The molecule has 1 saturated heterocycles. The van der Waals surface area contributed by atoms with E-state index in [9.17, 15) is 18.4 Å². The Morgan fingerprint density at radius 1 is 0.886 bits per heavy atom. The third-order valence-electron chi connectivity index (χ3n) is 7.12. The zero-order valence-corrected chi connectivity index (χ0v) is 23.4. The third-order valence-corrected chi connectivity index (χ3v) is 7.12.